The fraction of sp³-hybridized carbons (Fsp3) is 0.286. The van der Waals surface area contributed by atoms with Crippen molar-refractivity contribution < 1.29 is 4.79 Å². The smallest absolute Gasteiger partial charge is 0.243 e. The van der Waals surface area contributed by atoms with Gasteiger partial charge in [0.05, 0.1) is 6.54 Å². The maximum atomic E-state index is 11.8. The zero-order valence-electron chi connectivity index (χ0n) is 11.5. The van der Waals surface area contributed by atoms with Crippen LogP contribution in [0.5, 0.6) is 0 Å². The molecule has 108 valence electrons. The van der Waals surface area contributed by atoms with Crippen molar-refractivity contribution in [3.8, 4) is 0 Å². The van der Waals surface area contributed by atoms with Crippen LogP contribution in [0.2, 0.25) is 5.02 Å². The van der Waals surface area contributed by atoms with Crippen LogP contribution in [0, 0.1) is 6.92 Å². The molecule has 0 atom stereocenters. The summed E-state index contributed by atoms with van der Waals surface area (Å²) >= 11 is 11.0. The van der Waals surface area contributed by atoms with Crippen molar-refractivity contribution >= 4 is 40.5 Å². The average molecular weight is 312 g/mol. The van der Waals surface area contributed by atoms with Gasteiger partial charge >= 0.3 is 0 Å². The van der Waals surface area contributed by atoms with E-state index in [-0.39, 0.29) is 12.5 Å². The molecule has 6 heteroatoms. The molecule has 1 amide bonds. The van der Waals surface area contributed by atoms with Crippen molar-refractivity contribution in [2.75, 3.05) is 18.4 Å². The van der Waals surface area contributed by atoms with Gasteiger partial charge in [-0.2, -0.15) is 0 Å². The summed E-state index contributed by atoms with van der Waals surface area (Å²) in [5, 5.41) is 9.59. The minimum absolute atomic E-state index is 0.0912. The maximum Gasteiger partial charge on any atom is 0.243 e. The van der Waals surface area contributed by atoms with Crippen LogP contribution in [0.15, 0.2) is 30.4 Å². The Hall–Kier alpha value is -1.59. The third-order valence-corrected chi connectivity index (χ3v) is 3.20. The fourth-order valence-corrected chi connectivity index (χ4v) is 1.71. The van der Waals surface area contributed by atoms with Gasteiger partial charge in [-0.1, -0.05) is 29.8 Å². The normalized spacial score (nSPS) is 9.75. The van der Waals surface area contributed by atoms with Crippen LogP contribution in [0.4, 0.5) is 5.69 Å². The lowest BCUT2D eigenvalue weighted by molar-refractivity contribution is -0.115. The topological polar surface area (TPSA) is 53.2 Å². The number of anilines is 1. The first kappa shape index (κ1) is 16.5. The average Bonchev–Trinajstić information content (AvgIpc) is 2.39. The molecule has 0 radical (unpaired) electrons. The number of amides is 1. The number of rotatable bonds is 5. The van der Waals surface area contributed by atoms with E-state index >= 15 is 0 Å². The molecule has 1 rings (SSSR count). The summed E-state index contributed by atoms with van der Waals surface area (Å²) < 4.78 is 0. The third kappa shape index (κ3) is 5.59. The quantitative estimate of drug-likeness (QED) is 0.578. The highest BCUT2D eigenvalue weighted by Gasteiger charge is 2.07. The Kier molecular flexibility index (Phi) is 6.48. The minimum Gasteiger partial charge on any atom is -0.359 e. The van der Waals surface area contributed by atoms with Gasteiger partial charge in [0, 0.05) is 17.3 Å². The van der Waals surface area contributed by atoms with Crippen LogP contribution in [0.25, 0.3) is 0 Å². The molecule has 0 unspecified atom stereocenters. The highest BCUT2D eigenvalue weighted by molar-refractivity contribution is 7.80. The van der Waals surface area contributed by atoms with Crippen molar-refractivity contribution in [1.82, 2.24) is 10.6 Å². The van der Waals surface area contributed by atoms with Crippen LogP contribution < -0.4 is 16.0 Å². The molecule has 0 aliphatic carbocycles. The molecule has 0 bridgehead atoms. The van der Waals surface area contributed by atoms with Gasteiger partial charge in [-0.05, 0) is 43.8 Å². The molecule has 0 saturated carbocycles. The molecule has 20 heavy (non-hydrogen) atoms. The van der Waals surface area contributed by atoms with Crippen molar-refractivity contribution in [3.63, 3.8) is 0 Å². The molecular formula is C14H18ClN3OS. The number of carbonyl (C=O) groups excluding carboxylic acids is 1. The Labute approximate surface area is 129 Å². The van der Waals surface area contributed by atoms with Gasteiger partial charge < -0.3 is 16.0 Å². The largest absolute Gasteiger partial charge is 0.359 e. The molecule has 1 aromatic carbocycles. The van der Waals surface area contributed by atoms with Gasteiger partial charge in [0.15, 0.2) is 5.11 Å². The number of carbonyl (C=O) groups is 1. The van der Waals surface area contributed by atoms with E-state index in [2.05, 4.69) is 22.5 Å². The van der Waals surface area contributed by atoms with E-state index in [0.29, 0.717) is 22.4 Å². The molecule has 4 nitrogen and oxygen atoms in total. The number of halogens is 1. The zero-order chi connectivity index (χ0) is 15.1. The Morgan fingerprint density at radius 1 is 1.35 bits per heavy atom. The first-order valence-electron chi connectivity index (χ1n) is 6.11. The first-order valence-corrected chi connectivity index (χ1v) is 6.90. The molecule has 0 saturated heterocycles. The molecule has 0 heterocycles. The van der Waals surface area contributed by atoms with Gasteiger partial charge in [-0.3, -0.25) is 4.79 Å². The summed E-state index contributed by atoms with van der Waals surface area (Å²) in [6.45, 7) is 8.17. The van der Waals surface area contributed by atoms with Crippen LogP contribution in [-0.4, -0.2) is 24.1 Å². The number of nitrogens with one attached hydrogen (secondary N) is 3. The second-order valence-corrected chi connectivity index (χ2v) is 5.27. The lowest BCUT2D eigenvalue weighted by Crippen LogP contribution is -2.40. The highest BCUT2D eigenvalue weighted by Crippen LogP contribution is 2.22. The highest BCUT2D eigenvalue weighted by atomic mass is 35.5. The summed E-state index contributed by atoms with van der Waals surface area (Å²) in [4.78, 5) is 11.8. The van der Waals surface area contributed by atoms with E-state index in [1.54, 1.807) is 18.2 Å². The van der Waals surface area contributed by atoms with Crippen molar-refractivity contribution in [2.24, 2.45) is 0 Å². The predicted molar refractivity (Wildman–Crippen MR) is 88.2 cm³/mol. The second kappa shape index (κ2) is 7.87. The SMILES string of the molecule is C=C(C)CNC(=S)NCC(=O)Nc1cccc(Cl)c1C. The van der Waals surface area contributed by atoms with E-state index in [0.717, 1.165) is 11.1 Å². The first-order chi connectivity index (χ1) is 9.40. The zero-order valence-corrected chi connectivity index (χ0v) is 13.1. The Morgan fingerprint density at radius 3 is 2.65 bits per heavy atom. The monoisotopic (exact) mass is 311 g/mol. The predicted octanol–water partition coefficient (Wildman–Crippen LogP) is 2.63. The number of benzene rings is 1. The summed E-state index contributed by atoms with van der Waals surface area (Å²) in [6, 6.07) is 5.37. The molecule has 0 aromatic heterocycles. The Morgan fingerprint density at radius 2 is 2.00 bits per heavy atom. The summed E-state index contributed by atoms with van der Waals surface area (Å²) in [5.41, 5.74) is 2.50. The standard InChI is InChI=1S/C14H18ClN3OS/c1-9(2)7-16-14(20)17-8-13(19)18-12-6-4-5-11(15)10(12)3/h4-6H,1,7-8H2,2-3H3,(H,18,19)(H2,16,17,20). The summed E-state index contributed by atoms with van der Waals surface area (Å²) in [7, 11) is 0. The second-order valence-electron chi connectivity index (χ2n) is 4.45. The lowest BCUT2D eigenvalue weighted by Gasteiger charge is -2.12. The molecule has 1 aromatic rings. The van der Waals surface area contributed by atoms with E-state index in [1.165, 1.54) is 0 Å². The van der Waals surface area contributed by atoms with Crippen molar-refractivity contribution in [2.45, 2.75) is 13.8 Å². The van der Waals surface area contributed by atoms with Gasteiger partial charge in [-0.25, -0.2) is 0 Å². The van der Waals surface area contributed by atoms with Gasteiger partial charge in [-0.15, -0.1) is 0 Å². The van der Waals surface area contributed by atoms with Crippen molar-refractivity contribution in [1.29, 1.82) is 0 Å². The summed E-state index contributed by atoms with van der Waals surface area (Å²) in [5.74, 6) is -0.185. The van der Waals surface area contributed by atoms with E-state index < -0.39 is 0 Å². The van der Waals surface area contributed by atoms with Crippen molar-refractivity contribution in [3.05, 3.63) is 40.9 Å². The van der Waals surface area contributed by atoms with E-state index in [1.807, 2.05) is 13.8 Å². The van der Waals surface area contributed by atoms with Gasteiger partial charge in [0.1, 0.15) is 0 Å². The van der Waals surface area contributed by atoms with E-state index in [4.69, 9.17) is 23.8 Å². The van der Waals surface area contributed by atoms with Gasteiger partial charge in [0.2, 0.25) is 5.91 Å². The number of hydrogen-bond acceptors (Lipinski definition) is 2. The third-order valence-electron chi connectivity index (χ3n) is 2.50. The lowest BCUT2D eigenvalue weighted by atomic mass is 10.2. The number of hydrogen-bond donors (Lipinski definition) is 3. The minimum atomic E-state index is -0.185. The molecule has 0 aliphatic heterocycles. The van der Waals surface area contributed by atoms with Crippen LogP contribution in [0.1, 0.15) is 12.5 Å². The molecular weight excluding hydrogens is 294 g/mol. The molecule has 3 N–H and O–H groups in total. The molecule has 0 aliphatic rings. The number of thiocarbonyl (C=S) groups is 1. The van der Waals surface area contributed by atoms with Crippen LogP contribution in [-0.2, 0) is 4.79 Å². The Bertz CT molecular complexity index is 531. The maximum absolute atomic E-state index is 11.8. The summed E-state index contributed by atoms with van der Waals surface area (Å²) in [6.07, 6.45) is 0. The van der Waals surface area contributed by atoms with Gasteiger partial charge in [0.25, 0.3) is 0 Å². The Balaban J connectivity index is 2.42. The fourth-order valence-electron chi connectivity index (χ4n) is 1.39. The molecule has 0 fully saturated rings. The van der Waals surface area contributed by atoms with E-state index in [9.17, 15) is 4.79 Å². The van der Waals surface area contributed by atoms with Crippen LogP contribution in [0.3, 0.4) is 0 Å². The molecule has 0 spiro atoms. The van der Waals surface area contributed by atoms with Crippen LogP contribution >= 0.6 is 23.8 Å².